The van der Waals surface area contributed by atoms with Crippen molar-refractivity contribution in [1.82, 2.24) is 10.6 Å². The van der Waals surface area contributed by atoms with E-state index in [0.717, 1.165) is 26.2 Å². The number of nitrogens with one attached hydrogen (secondary N) is 2. The number of rotatable bonds is 1. The molecule has 0 unspecified atom stereocenters. The predicted octanol–water partition coefficient (Wildman–Crippen LogP) is 0.981. The molecule has 94 valence electrons. The molecule has 15 heavy (non-hydrogen) atoms. The normalized spacial score (nSPS) is 14.6. The zero-order valence-electron chi connectivity index (χ0n) is 9.54. The molecular weight excluding hydrogens is 239 g/mol. The highest BCUT2D eigenvalue weighted by Gasteiger charge is 2.07. The minimum atomic E-state index is -0.318. The maximum atomic E-state index is 9.60. The first kappa shape index (κ1) is 20.4. The summed E-state index contributed by atoms with van der Waals surface area (Å²) in [5.74, 6) is 0. The van der Waals surface area contributed by atoms with E-state index in [9.17, 15) is 4.79 Å². The molecule has 1 aliphatic heterocycles. The van der Waals surface area contributed by atoms with Crippen LogP contribution in [0.5, 0.6) is 0 Å². The number of halogens is 2. The van der Waals surface area contributed by atoms with Crippen LogP contribution in [0, 0.1) is 0 Å². The van der Waals surface area contributed by atoms with Crippen LogP contribution in [0.15, 0.2) is 0 Å². The summed E-state index contributed by atoms with van der Waals surface area (Å²) < 4.78 is 4.55. The number of piperazine rings is 1. The molecule has 2 N–H and O–H groups in total. The average molecular weight is 261 g/mol. The number of carbonyl (C=O) groups excluding carboxylic acids is 1. The Morgan fingerprint density at radius 1 is 1.00 bits per heavy atom. The number of hydrogen-bond acceptors (Lipinski definition) is 4. The van der Waals surface area contributed by atoms with Crippen LogP contribution in [0.25, 0.3) is 0 Å². The molecule has 1 aliphatic rings. The summed E-state index contributed by atoms with van der Waals surface area (Å²) in [7, 11) is 0. The van der Waals surface area contributed by atoms with Gasteiger partial charge in [-0.15, -0.1) is 24.8 Å². The van der Waals surface area contributed by atoms with Crippen molar-refractivity contribution in [3.05, 3.63) is 0 Å². The predicted molar refractivity (Wildman–Crippen MR) is 67.1 cm³/mol. The first-order valence-electron chi connectivity index (χ1n) is 4.59. The Kier molecular flexibility index (Phi) is 16.4. The highest BCUT2D eigenvalue weighted by atomic mass is 35.5. The van der Waals surface area contributed by atoms with E-state index in [1.807, 2.05) is 20.8 Å². The van der Waals surface area contributed by atoms with Gasteiger partial charge >= 0.3 is 0 Å². The molecular formula is C9H22Cl2N2O2. The Hall–Kier alpha value is -0.0300. The van der Waals surface area contributed by atoms with Gasteiger partial charge in [0.25, 0.3) is 6.47 Å². The first-order chi connectivity index (χ1) is 6.06. The molecule has 1 heterocycles. The Labute approximate surface area is 104 Å². The molecule has 0 bridgehead atoms. The summed E-state index contributed by atoms with van der Waals surface area (Å²) in [5, 5.41) is 6.44. The molecule has 6 heteroatoms. The molecule has 0 radical (unpaired) electrons. The second kappa shape index (κ2) is 12.0. The minimum Gasteiger partial charge on any atom is -0.462 e. The van der Waals surface area contributed by atoms with Gasteiger partial charge in [0.1, 0.15) is 5.60 Å². The quantitative estimate of drug-likeness (QED) is 0.691. The second-order valence-electron chi connectivity index (χ2n) is 3.83. The SMILES string of the molecule is C1CNCCN1.CC(C)(C)OC=O.Cl.Cl. The topological polar surface area (TPSA) is 50.4 Å². The van der Waals surface area contributed by atoms with E-state index in [1.54, 1.807) is 0 Å². The van der Waals surface area contributed by atoms with Gasteiger partial charge < -0.3 is 15.4 Å². The fourth-order valence-corrected chi connectivity index (χ4v) is 0.748. The Morgan fingerprint density at radius 3 is 1.40 bits per heavy atom. The maximum absolute atomic E-state index is 9.60. The fourth-order valence-electron chi connectivity index (χ4n) is 0.748. The molecule has 1 saturated heterocycles. The van der Waals surface area contributed by atoms with E-state index >= 15 is 0 Å². The standard InChI is InChI=1S/C5H10O2.C4H10N2.2ClH/c1-5(2,3)7-4-6;1-2-6-4-3-5-1;;/h4H,1-3H3;5-6H,1-4H2;2*1H. The summed E-state index contributed by atoms with van der Waals surface area (Å²) in [5.41, 5.74) is -0.318. The summed E-state index contributed by atoms with van der Waals surface area (Å²) in [6, 6.07) is 0. The van der Waals surface area contributed by atoms with Gasteiger partial charge in [-0.1, -0.05) is 0 Å². The largest absolute Gasteiger partial charge is 0.462 e. The third-order valence-electron chi connectivity index (χ3n) is 1.36. The second-order valence-corrected chi connectivity index (χ2v) is 3.83. The zero-order valence-corrected chi connectivity index (χ0v) is 11.2. The number of hydrogen-bond donors (Lipinski definition) is 2. The highest BCUT2D eigenvalue weighted by Crippen LogP contribution is 2.02. The van der Waals surface area contributed by atoms with E-state index in [0.29, 0.717) is 6.47 Å². The molecule has 0 saturated carbocycles. The van der Waals surface area contributed by atoms with Crippen LogP contribution < -0.4 is 10.6 Å². The summed E-state index contributed by atoms with van der Waals surface area (Å²) in [4.78, 5) is 9.60. The third-order valence-corrected chi connectivity index (χ3v) is 1.36. The van der Waals surface area contributed by atoms with Crippen LogP contribution in [0.4, 0.5) is 0 Å². The molecule has 1 fully saturated rings. The molecule has 0 aliphatic carbocycles. The first-order valence-corrected chi connectivity index (χ1v) is 4.59. The molecule has 0 spiro atoms. The van der Waals surface area contributed by atoms with Crippen molar-refractivity contribution in [3.8, 4) is 0 Å². The third kappa shape index (κ3) is 20.1. The van der Waals surface area contributed by atoms with Crippen LogP contribution in [-0.2, 0) is 9.53 Å². The Morgan fingerprint density at radius 2 is 1.33 bits per heavy atom. The Bertz CT molecular complexity index is 125. The molecule has 0 aromatic heterocycles. The monoisotopic (exact) mass is 260 g/mol. The average Bonchev–Trinajstić information content (AvgIpc) is 2.06. The number of ether oxygens (including phenoxy) is 1. The van der Waals surface area contributed by atoms with Crippen molar-refractivity contribution in [2.24, 2.45) is 0 Å². The van der Waals surface area contributed by atoms with Crippen LogP contribution in [0.1, 0.15) is 20.8 Å². The lowest BCUT2D eigenvalue weighted by Crippen LogP contribution is -2.39. The summed E-state index contributed by atoms with van der Waals surface area (Å²) >= 11 is 0. The van der Waals surface area contributed by atoms with Gasteiger partial charge in [-0.05, 0) is 20.8 Å². The molecule has 0 aromatic rings. The molecule has 4 nitrogen and oxygen atoms in total. The van der Waals surface area contributed by atoms with Crippen LogP contribution in [0.3, 0.4) is 0 Å². The van der Waals surface area contributed by atoms with Gasteiger partial charge in [-0.25, -0.2) is 0 Å². The maximum Gasteiger partial charge on any atom is 0.293 e. The minimum absolute atomic E-state index is 0. The van der Waals surface area contributed by atoms with Gasteiger partial charge in [-0.2, -0.15) is 0 Å². The Balaban J connectivity index is -0.000000170. The molecule has 0 atom stereocenters. The van der Waals surface area contributed by atoms with E-state index in [1.165, 1.54) is 0 Å². The van der Waals surface area contributed by atoms with Gasteiger partial charge in [0, 0.05) is 26.2 Å². The van der Waals surface area contributed by atoms with Crippen molar-refractivity contribution in [1.29, 1.82) is 0 Å². The van der Waals surface area contributed by atoms with Gasteiger partial charge in [0.05, 0.1) is 0 Å². The van der Waals surface area contributed by atoms with E-state index in [-0.39, 0.29) is 30.4 Å². The van der Waals surface area contributed by atoms with Crippen LogP contribution >= 0.6 is 24.8 Å². The summed E-state index contributed by atoms with van der Waals surface area (Å²) in [6.07, 6.45) is 0. The van der Waals surface area contributed by atoms with Crippen molar-refractivity contribution >= 4 is 31.3 Å². The van der Waals surface area contributed by atoms with Crippen molar-refractivity contribution in [3.63, 3.8) is 0 Å². The van der Waals surface area contributed by atoms with Gasteiger partial charge in [-0.3, -0.25) is 4.79 Å². The lowest BCUT2D eigenvalue weighted by Gasteiger charge is -2.14. The van der Waals surface area contributed by atoms with E-state index < -0.39 is 0 Å². The van der Waals surface area contributed by atoms with Crippen molar-refractivity contribution in [2.45, 2.75) is 26.4 Å². The lowest BCUT2D eigenvalue weighted by atomic mass is 10.2. The fraction of sp³-hybridized carbons (Fsp3) is 0.889. The van der Waals surface area contributed by atoms with Crippen molar-refractivity contribution < 1.29 is 9.53 Å². The van der Waals surface area contributed by atoms with Crippen LogP contribution in [0.2, 0.25) is 0 Å². The molecule has 0 aromatic carbocycles. The highest BCUT2D eigenvalue weighted by molar-refractivity contribution is 5.85. The smallest absolute Gasteiger partial charge is 0.293 e. The molecule has 0 amide bonds. The summed E-state index contributed by atoms with van der Waals surface area (Å²) in [6.45, 7) is 10.5. The van der Waals surface area contributed by atoms with Crippen LogP contribution in [-0.4, -0.2) is 38.3 Å². The van der Waals surface area contributed by atoms with Crippen molar-refractivity contribution in [2.75, 3.05) is 26.2 Å². The number of carbonyl (C=O) groups is 1. The molecule has 1 rings (SSSR count). The zero-order chi connectivity index (χ0) is 10.2. The lowest BCUT2D eigenvalue weighted by molar-refractivity contribution is -0.138. The van der Waals surface area contributed by atoms with E-state index in [4.69, 9.17) is 0 Å². The van der Waals surface area contributed by atoms with Gasteiger partial charge in [0.15, 0.2) is 0 Å². The van der Waals surface area contributed by atoms with Gasteiger partial charge in [0.2, 0.25) is 0 Å². The van der Waals surface area contributed by atoms with E-state index in [2.05, 4.69) is 15.4 Å².